The third-order valence-electron chi connectivity index (χ3n) is 0.938. The standard InChI is InChI=1S/C5H6ClFN2/c6-5-3-9(2-1-7)4-8-5/h3,5H,1-2H2. The Morgan fingerprint density at radius 2 is 2.67 bits per heavy atom. The summed E-state index contributed by atoms with van der Waals surface area (Å²) in [5.74, 6) is 0. The summed E-state index contributed by atoms with van der Waals surface area (Å²) in [6.45, 7) is 1.51. The van der Waals surface area contributed by atoms with Crippen molar-refractivity contribution in [3.8, 4) is 0 Å². The molecule has 0 saturated heterocycles. The van der Waals surface area contributed by atoms with Gasteiger partial charge in [-0.1, -0.05) is 11.6 Å². The summed E-state index contributed by atoms with van der Waals surface area (Å²) >= 11 is 5.49. The molecule has 1 atom stereocenters. The molecule has 1 unspecified atom stereocenters. The van der Waals surface area contributed by atoms with Crippen molar-refractivity contribution in [3.05, 3.63) is 6.54 Å². The first-order valence-corrected chi connectivity index (χ1v) is 3.04. The number of halogens is 2. The lowest BCUT2D eigenvalue weighted by molar-refractivity contribution is 0.407. The summed E-state index contributed by atoms with van der Waals surface area (Å²) < 4.78 is 11.6. The van der Waals surface area contributed by atoms with E-state index in [1.165, 1.54) is 4.90 Å². The minimum atomic E-state index is -0.400. The molecule has 0 bridgehead atoms. The minimum Gasteiger partial charge on any atom is -0.343 e. The van der Waals surface area contributed by atoms with E-state index in [1.54, 1.807) is 6.54 Å². The normalized spacial score (nSPS) is 25.6. The smallest absolute Gasteiger partial charge is 0.169 e. The highest BCUT2D eigenvalue weighted by Gasteiger charge is 2.14. The molecule has 0 amide bonds. The highest BCUT2D eigenvalue weighted by molar-refractivity contribution is 6.22. The van der Waals surface area contributed by atoms with Gasteiger partial charge in [0.25, 0.3) is 0 Å². The third-order valence-corrected chi connectivity index (χ3v) is 1.15. The van der Waals surface area contributed by atoms with Crippen LogP contribution in [0.3, 0.4) is 0 Å². The molecule has 9 heavy (non-hydrogen) atoms. The van der Waals surface area contributed by atoms with Gasteiger partial charge in [-0.15, -0.1) is 0 Å². The molecule has 0 saturated carbocycles. The predicted molar refractivity (Wildman–Crippen MR) is 34.1 cm³/mol. The number of nitrogens with zero attached hydrogens (tertiary/aromatic N) is 2. The average Bonchev–Trinajstić information content (AvgIpc) is 2.17. The molecule has 2 radical (unpaired) electrons. The number of alkyl halides is 2. The lowest BCUT2D eigenvalue weighted by Gasteiger charge is -2.08. The molecule has 50 valence electrons. The second-order valence-electron chi connectivity index (χ2n) is 1.63. The van der Waals surface area contributed by atoms with E-state index >= 15 is 0 Å². The van der Waals surface area contributed by atoms with E-state index in [1.807, 2.05) is 0 Å². The van der Waals surface area contributed by atoms with Crippen LogP contribution in [0.25, 0.3) is 0 Å². The van der Waals surface area contributed by atoms with E-state index in [9.17, 15) is 4.39 Å². The van der Waals surface area contributed by atoms with E-state index in [4.69, 9.17) is 11.6 Å². The summed E-state index contributed by atoms with van der Waals surface area (Å²) in [6, 6.07) is 0. The Bertz CT molecular complexity index is 118. The predicted octanol–water partition coefficient (Wildman–Crippen LogP) is 0.903. The minimum absolute atomic E-state index is 0.298. The van der Waals surface area contributed by atoms with E-state index < -0.39 is 6.67 Å². The molecule has 1 aliphatic heterocycles. The summed E-state index contributed by atoms with van der Waals surface area (Å²) in [5, 5.41) is 0. The summed E-state index contributed by atoms with van der Waals surface area (Å²) in [7, 11) is 0. The van der Waals surface area contributed by atoms with E-state index in [0.29, 0.717) is 6.54 Å². The fourth-order valence-electron chi connectivity index (χ4n) is 0.560. The van der Waals surface area contributed by atoms with Gasteiger partial charge in [-0.25, -0.2) is 9.38 Å². The Morgan fingerprint density at radius 3 is 3.11 bits per heavy atom. The van der Waals surface area contributed by atoms with E-state index in [2.05, 4.69) is 11.3 Å². The van der Waals surface area contributed by atoms with Crippen molar-refractivity contribution in [1.82, 2.24) is 4.90 Å². The maximum atomic E-state index is 11.6. The second kappa shape index (κ2) is 3.01. The van der Waals surface area contributed by atoms with Gasteiger partial charge in [0.15, 0.2) is 6.34 Å². The van der Waals surface area contributed by atoms with Crippen molar-refractivity contribution >= 4 is 17.9 Å². The second-order valence-corrected chi connectivity index (χ2v) is 2.08. The Hall–Kier alpha value is -0.310. The Balaban J connectivity index is 2.24. The van der Waals surface area contributed by atoms with Gasteiger partial charge in [-0.3, -0.25) is 0 Å². The Morgan fingerprint density at radius 1 is 1.89 bits per heavy atom. The van der Waals surface area contributed by atoms with Gasteiger partial charge in [-0.2, -0.15) is 0 Å². The van der Waals surface area contributed by atoms with Crippen molar-refractivity contribution in [1.29, 1.82) is 0 Å². The van der Waals surface area contributed by atoms with E-state index in [0.717, 1.165) is 0 Å². The van der Waals surface area contributed by atoms with Crippen molar-refractivity contribution in [2.45, 2.75) is 5.50 Å². The van der Waals surface area contributed by atoms with Crippen molar-refractivity contribution in [2.75, 3.05) is 13.2 Å². The zero-order valence-corrected chi connectivity index (χ0v) is 5.48. The molecule has 0 fully saturated rings. The molecule has 1 rings (SSSR count). The molecule has 0 aliphatic carbocycles. The summed E-state index contributed by atoms with van der Waals surface area (Å²) in [6.07, 6.45) is 2.54. The number of aliphatic imine (C=N–C) groups is 1. The molecule has 4 heteroatoms. The first kappa shape index (κ1) is 6.81. The van der Waals surface area contributed by atoms with Gasteiger partial charge < -0.3 is 4.90 Å². The van der Waals surface area contributed by atoms with Crippen LogP contribution in [0.4, 0.5) is 4.39 Å². The topological polar surface area (TPSA) is 15.6 Å². The van der Waals surface area contributed by atoms with Crippen LogP contribution in [-0.2, 0) is 0 Å². The molecule has 0 N–H and O–H groups in total. The molecule has 0 aromatic rings. The highest BCUT2D eigenvalue weighted by atomic mass is 35.5. The largest absolute Gasteiger partial charge is 0.343 e. The van der Waals surface area contributed by atoms with Crippen LogP contribution < -0.4 is 0 Å². The fraction of sp³-hybridized carbons (Fsp3) is 0.600. The summed E-state index contributed by atoms with van der Waals surface area (Å²) in [4.78, 5) is 5.17. The number of hydrogen-bond acceptors (Lipinski definition) is 2. The number of rotatable bonds is 2. The van der Waals surface area contributed by atoms with Crippen molar-refractivity contribution in [2.24, 2.45) is 4.99 Å². The van der Waals surface area contributed by atoms with Crippen molar-refractivity contribution < 1.29 is 4.39 Å². The molecule has 0 aromatic carbocycles. The van der Waals surface area contributed by atoms with Crippen LogP contribution in [0.5, 0.6) is 0 Å². The van der Waals surface area contributed by atoms with Gasteiger partial charge in [-0.05, 0) is 0 Å². The van der Waals surface area contributed by atoms with Crippen LogP contribution in [0, 0.1) is 6.54 Å². The van der Waals surface area contributed by atoms with Gasteiger partial charge >= 0.3 is 0 Å². The Kier molecular flexibility index (Phi) is 2.28. The quantitative estimate of drug-likeness (QED) is 0.420. The van der Waals surface area contributed by atoms with Gasteiger partial charge in [0.2, 0.25) is 0 Å². The molecular formula is C5H6ClFN2. The molecule has 2 nitrogen and oxygen atoms in total. The lowest BCUT2D eigenvalue weighted by Crippen LogP contribution is -2.18. The first-order chi connectivity index (χ1) is 4.33. The van der Waals surface area contributed by atoms with Crippen LogP contribution in [-0.4, -0.2) is 30.0 Å². The maximum Gasteiger partial charge on any atom is 0.169 e. The van der Waals surface area contributed by atoms with E-state index in [-0.39, 0.29) is 5.50 Å². The van der Waals surface area contributed by atoms with Crippen LogP contribution in [0.2, 0.25) is 0 Å². The zero-order chi connectivity index (χ0) is 6.69. The maximum absolute atomic E-state index is 11.6. The zero-order valence-electron chi connectivity index (χ0n) is 4.72. The first-order valence-electron chi connectivity index (χ1n) is 2.60. The molecule has 1 heterocycles. The summed E-state index contributed by atoms with van der Waals surface area (Å²) in [5.41, 5.74) is -0.350. The third kappa shape index (κ3) is 1.82. The van der Waals surface area contributed by atoms with Gasteiger partial charge in [0.1, 0.15) is 12.2 Å². The molecule has 1 aliphatic rings. The Labute approximate surface area is 58.3 Å². The molecule has 0 aromatic heterocycles. The number of hydrogen-bond donors (Lipinski definition) is 0. The van der Waals surface area contributed by atoms with Gasteiger partial charge in [0, 0.05) is 6.54 Å². The molecule has 0 spiro atoms. The monoisotopic (exact) mass is 148 g/mol. The SMILES string of the molecule is FCCN1[C]=NC(Cl)[CH]1. The lowest BCUT2D eigenvalue weighted by atomic mass is 10.5. The van der Waals surface area contributed by atoms with Crippen LogP contribution in [0.1, 0.15) is 0 Å². The average molecular weight is 149 g/mol. The fourth-order valence-corrected chi connectivity index (χ4v) is 0.740. The van der Waals surface area contributed by atoms with Gasteiger partial charge in [0.05, 0.1) is 6.54 Å². The highest BCUT2D eigenvalue weighted by Crippen LogP contribution is 2.10. The van der Waals surface area contributed by atoms with Crippen LogP contribution in [0.15, 0.2) is 4.99 Å². The van der Waals surface area contributed by atoms with Crippen LogP contribution >= 0.6 is 11.6 Å². The van der Waals surface area contributed by atoms with Crippen molar-refractivity contribution in [3.63, 3.8) is 0 Å². The molecular weight excluding hydrogens is 143 g/mol.